The van der Waals surface area contributed by atoms with Gasteiger partial charge in [0.25, 0.3) is 17.7 Å². The number of rotatable bonds is 13. The lowest BCUT2D eigenvalue weighted by Gasteiger charge is -2.33. The molecule has 2 heterocycles. The van der Waals surface area contributed by atoms with Crippen LogP contribution in [0, 0.1) is 0 Å². The molecule has 1 atom stereocenters. The summed E-state index contributed by atoms with van der Waals surface area (Å²) < 4.78 is 0. The van der Waals surface area contributed by atoms with Gasteiger partial charge in [-0.3, -0.25) is 19.2 Å². The van der Waals surface area contributed by atoms with Crippen LogP contribution in [0.5, 0.6) is 0 Å². The van der Waals surface area contributed by atoms with E-state index in [4.69, 9.17) is 0 Å². The Morgan fingerprint density at radius 1 is 1.06 bits per heavy atom. The number of hydroxylamine groups is 2. The number of anilines is 1. The van der Waals surface area contributed by atoms with Crippen LogP contribution in [-0.2, 0) is 25.8 Å². The molecule has 3 amide bonds. The number of carbonyl (C=O) groups excluding carboxylic acids is 4. The van der Waals surface area contributed by atoms with E-state index >= 15 is 0 Å². The lowest BCUT2D eigenvalue weighted by atomic mass is 10.0. The topological polar surface area (TPSA) is 90.5 Å². The fourth-order valence-electron chi connectivity index (χ4n) is 4.71. The molecule has 2 aliphatic heterocycles. The molecule has 34 heavy (non-hydrogen) atoms. The summed E-state index contributed by atoms with van der Waals surface area (Å²) in [5.74, 6) is -1.47. The SMILES string of the molecule is CCCCCN(CCCCN(C)C)c1cccc2c1CN(C1CCC(=O)N(OC=O)C1=O)C2=O. The lowest BCUT2D eigenvalue weighted by Crippen LogP contribution is -2.54. The zero-order valence-electron chi connectivity index (χ0n) is 20.5. The van der Waals surface area contributed by atoms with Crippen molar-refractivity contribution < 1.29 is 24.0 Å². The number of hydrogen-bond donors (Lipinski definition) is 0. The standard InChI is InChI=1S/C25H36N4O5/c1-4-5-6-15-27(16-8-7-14-26(2)3)21-11-9-10-19-20(21)17-28(24(19)32)22-12-13-23(31)29(25(22)33)34-18-30/h9-11,18,22H,4-8,12-17H2,1-3H3. The smallest absolute Gasteiger partial charge is 0.321 e. The summed E-state index contributed by atoms with van der Waals surface area (Å²) in [7, 11) is 4.15. The van der Waals surface area contributed by atoms with Crippen LogP contribution < -0.4 is 4.90 Å². The maximum Gasteiger partial charge on any atom is 0.321 e. The Morgan fingerprint density at radius 2 is 1.76 bits per heavy atom. The van der Waals surface area contributed by atoms with Gasteiger partial charge in [-0.25, -0.2) is 0 Å². The summed E-state index contributed by atoms with van der Waals surface area (Å²) in [6.45, 7) is 5.39. The van der Waals surface area contributed by atoms with Gasteiger partial charge in [-0.2, -0.15) is 0 Å². The highest BCUT2D eigenvalue weighted by Crippen LogP contribution is 2.35. The van der Waals surface area contributed by atoms with Gasteiger partial charge in [0.05, 0.1) is 0 Å². The number of hydrogen-bond acceptors (Lipinski definition) is 7. The zero-order chi connectivity index (χ0) is 24.7. The number of amides is 3. The Hall–Kier alpha value is -2.94. The Kier molecular flexibility index (Phi) is 9.04. The lowest BCUT2D eigenvalue weighted by molar-refractivity contribution is -0.200. The van der Waals surface area contributed by atoms with Gasteiger partial charge in [0.2, 0.25) is 0 Å². The molecule has 0 aromatic heterocycles. The molecule has 0 spiro atoms. The summed E-state index contributed by atoms with van der Waals surface area (Å²) in [5, 5.41) is 0.486. The third-order valence-electron chi connectivity index (χ3n) is 6.49. The van der Waals surface area contributed by atoms with Crippen LogP contribution >= 0.6 is 0 Å². The van der Waals surface area contributed by atoms with E-state index in [1.54, 1.807) is 6.07 Å². The van der Waals surface area contributed by atoms with Gasteiger partial charge in [0.1, 0.15) is 6.04 Å². The third kappa shape index (κ3) is 5.75. The van der Waals surface area contributed by atoms with Crippen LogP contribution in [0.3, 0.4) is 0 Å². The van der Waals surface area contributed by atoms with Crippen molar-refractivity contribution in [1.29, 1.82) is 0 Å². The van der Waals surface area contributed by atoms with Crippen LogP contribution in [-0.4, -0.2) is 78.8 Å². The molecule has 9 nitrogen and oxygen atoms in total. The van der Waals surface area contributed by atoms with Crippen molar-refractivity contribution in [2.45, 2.75) is 64.5 Å². The highest BCUT2D eigenvalue weighted by atomic mass is 16.7. The molecule has 9 heteroatoms. The van der Waals surface area contributed by atoms with Crippen LogP contribution in [0.4, 0.5) is 5.69 Å². The predicted molar refractivity (Wildman–Crippen MR) is 128 cm³/mol. The first-order chi connectivity index (χ1) is 16.4. The van der Waals surface area contributed by atoms with Crippen molar-refractivity contribution in [2.24, 2.45) is 0 Å². The monoisotopic (exact) mass is 472 g/mol. The fourth-order valence-corrected chi connectivity index (χ4v) is 4.71. The normalized spacial score (nSPS) is 18.0. The maximum absolute atomic E-state index is 13.3. The van der Waals surface area contributed by atoms with E-state index in [2.05, 4.69) is 41.7 Å². The molecule has 1 aromatic carbocycles. The molecular formula is C25H36N4O5. The van der Waals surface area contributed by atoms with Crippen molar-refractivity contribution in [3.63, 3.8) is 0 Å². The van der Waals surface area contributed by atoms with Crippen molar-refractivity contribution >= 4 is 29.9 Å². The van der Waals surface area contributed by atoms with E-state index in [1.807, 2.05) is 6.07 Å². The first kappa shape index (κ1) is 25.7. The minimum Gasteiger partial charge on any atom is -0.371 e. The summed E-state index contributed by atoms with van der Waals surface area (Å²) in [4.78, 5) is 59.6. The highest BCUT2D eigenvalue weighted by Gasteiger charge is 2.44. The predicted octanol–water partition coefficient (Wildman–Crippen LogP) is 2.59. The molecule has 0 bridgehead atoms. The van der Waals surface area contributed by atoms with Crippen molar-refractivity contribution in [1.82, 2.24) is 14.9 Å². The van der Waals surface area contributed by atoms with Crippen LogP contribution in [0.1, 0.15) is 67.8 Å². The summed E-state index contributed by atoms with van der Waals surface area (Å²) >= 11 is 0. The quantitative estimate of drug-likeness (QED) is 0.248. The highest BCUT2D eigenvalue weighted by molar-refractivity contribution is 6.05. The van der Waals surface area contributed by atoms with Gasteiger partial charge in [0, 0.05) is 42.9 Å². The van der Waals surface area contributed by atoms with E-state index < -0.39 is 17.9 Å². The van der Waals surface area contributed by atoms with Gasteiger partial charge < -0.3 is 19.5 Å². The van der Waals surface area contributed by atoms with Gasteiger partial charge in [0.15, 0.2) is 0 Å². The summed E-state index contributed by atoms with van der Waals surface area (Å²) in [5.41, 5.74) is 2.55. The zero-order valence-corrected chi connectivity index (χ0v) is 20.5. The molecular weight excluding hydrogens is 436 g/mol. The second-order valence-electron chi connectivity index (χ2n) is 9.22. The number of benzene rings is 1. The van der Waals surface area contributed by atoms with Gasteiger partial charge in [-0.1, -0.05) is 25.8 Å². The number of unbranched alkanes of at least 4 members (excludes halogenated alkanes) is 3. The second kappa shape index (κ2) is 12.0. The average Bonchev–Trinajstić information content (AvgIpc) is 3.14. The van der Waals surface area contributed by atoms with E-state index in [0.717, 1.165) is 63.0 Å². The van der Waals surface area contributed by atoms with Gasteiger partial charge >= 0.3 is 6.47 Å². The minimum atomic E-state index is -0.834. The molecule has 186 valence electrons. The van der Waals surface area contributed by atoms with Crippen LogP contribution in [0.15, 0.2) is 18.2 Å². The second-order valence-corrected chi connectivity index (χ2v) is 9.22. The molecule has 2 aliphatic rings. The van der Waals surface area contributed by atoms with Gasteiger partial charge in [-0.05, 0) is 58.5 Å². The van der Waals surface area contributed by atoms with Crippen molar-refractivity contribution in [2.75, 3.05) is 38.6 Å². The number of piperidine rings is 1. The van der Waals surface area contributed by atoms with E-state index in [9.17, 15) is 19.2 Å². The number of nitrogens with zero attached hydrogens (tertiary/aromatic N) is 4. The van der Waals surface area contributed by atoms with E-state index in [1.165, 1.54) is 4.90 Å². The Bertz CT molecular complexity index is 903. The number of imide groups is 1. The molecule has 0 N–H and O–H groups in total. The Balaban J connectivity index is 1.81. The molecule has 0 aliphatic carbocycles. The van der Waals surface area contributed by atoms with E-state index in [-0.39, 0.29) is 25.2 Å². The molecule has 1 unspecified atom stereocenters. The maximum atomic E-state index is 13.3. The van der Waals surface area contributed by atoms with Crippen LogP contribution in [0.2, 0.25) is 0 Å². The van der Waals surface area contributed by atoms with Gasteiger partial charge in [-0.15, -0.1) is 5.06 Å². The average molecular weight is 473 g/mol. The van der Waals surface area contributed by atoms with Crippen molar-refractivity contribution in [3.05, 3.63) is 29.3 Å². The minimum absolute atomic E-state index is 0.0340. The molecule has 1 aromatic rings. The first-order valence-corrected chi connectivity index (χ1v) is 12.2. The Morgan fingerprint density at radius 3 is 2.44 bits per heavy atom. The van der Waals surface area contributed by atoms with E-state index in [0.29, 0.717) is 17.2 Å². The third-order valence-corrected chi connectivity index (χ3v) is 6.49. The molecule has 0 radical (unpaired) electrons. The fraction of sp³-hybridized carbons (Fsp3) is 0.600. The first-order valence-electron chi connectivity index (χ1n) is 12.2. The number of fused-ring (bicyclic) bond motifs is 1. The molecule has 1 saturated heterocycles. The molecule has 0 saturated carbocycles. The van der Waals surface area contributed by atoms with Crippen molar-refractivity contribution in [3.8, 4) is 0 Å². The summed E-state index contributed by atoms with van der Waals surface area (Å²) in [6, 6.07) is 4.92. The Labute approximate surface area is 201 Å². The van der Waals surface area contributed by atoms with Crippen LogP contribution in [0.25, 0.3) is 0 Å². The molecule has 3 rings (SSSR count). The molecule has 1 fully saturated rings. The largest absolute Gasteiger partial charge is 0.371 e. The summed E-state index contributed by atoms with van der Waals surface area (Å²) in [6.07, 6.45) is 5.75. The number of carbonyl (C=O) groups is 4.